The Morgan fingerprint density at radius 2 is 1.97 bits per heavy atom. The number of fused-ring (bicyclic) bond motifs is 1. The normalized spacial score (nSPS) is 22.2. The van der Waals surface area contributed by atoms with Crippen molar-refractivity contribution in [3.63, 3.8) is 0 Å². The molecule has 6 rings (SSSR count). The maximum Gasteiger partial charge on any atom is 0.335 e. The van der Waals surface area contributed by atoms with Gasteiger partial charge in [-0.3, -0.25) is 0 Å². The van der Waals surface area contributed by atoms with Crippen LogP contribution in [0.1, 0.15) is 78.1 Å². The van der Waals surface area contributed by atoms with E-state index in [-0.39, 0.29) is 11.7 Å². The van der Waals surface area contributed by atoms with Crippen LogP contribution in [0.5, 0.6) is 5.75 Å². The largest absolute Gasteiger partial charge is 0.478 e. The molecule has 10 heteroatoms. The lowest BCUT2D eigenvalue weighted by Crippen LogP contribution is -2.34. The van der Waals surface area contributed by atoms with E-state index in [0.717, 1.165) is 28.9 Å². The van der Waals surface area contributed by atoms with Crippen molar-refractivity contribution < 1.29 is 33.4 Å². The number of para-hydroxylation sites is 1. The van der Waals surface area contributed by atoms with E-state index in [9.17, 15) is 19.4 Å². The van der Waals surface area contributed by atoms with Crippen LogP contribution in [0.25, 0.3) is 21.5 Å². The molecule has 2 heterocycles. The number of halogens is 1. The molecule has 2 fully saturated rings. The smallest absolute Gasteiger partial charge is 0.335 e. The number of carboxylic acid groups (broad SMARTS) is 1. The third kappa shape index (κ3) is 5.28. The lowest BCUT2D eigenvalue weighted by Gasteiger charge is -2.34. The minimum atomic E-state index is -1.46. The van der Waals surface area contributed by atoms with E-state index in [1.807, 2.05) is 12.1 Å². The van der Waals surface area contributed by atoms with Crippen LogP contribution in [0.15, 0.2) is 47.0 Å². The second kappa shape index (κ2) is 10.3. The molecule has 0 spiro atoms. The summed E-state index contributed by atoms with van der Waals surface area (Å²) in [4.78, 5) is 15.9. The zero-order valence-corrected chi connectivity index (χ0v) is 22.2. The summed E-state index contributed by atoms with van der Waals surface area (Å²) in [5.41, 5.74) is 1.95. The second-order valence-electron chi connectivity index (χ2n) is 10.4. The molecule has 1 unspecified atom stereocenters. The van der Waals surface area contributed by atoms with Crippen molar-refractivity contribution in [2.75, 3.05) is 0 Å². The molecule has 2 saturated carbocycles. The standard InChI is InChI=1S/C29H29FN2O6S/c1-16(30)37-23-5-3-2-4-20(23)25-21(26(38-32-25)17-6-7-17)15-36-19-10-12-29(35,13-11-19)28-31-22-9-8-18(27(33)34)14-24(22)39-28/h2-5,8-9,14,16-17,19,35H,6-7,10-13,15H2,1H3,(H,33,34)/t16?,19-,29+. The first-order chi connectivity index (χ1) is 18.8. The van der Waals surface area contributed by atoms with Gasteiger partial charge in [0.15, 0.2) is 0 Å². The van der Waals surface area contributed by atoms with Crippen LogP contribution < -0.4 is 4.74 Å². The van der Waals surface area contributed by atoms with E-state index >= 15 is 0 Å². The second-order valence-corrected chi connectivity index (χ2v) is 11.4. The molecule has 2 N–H and O–H groups in total. The van der Waals surface area contributed by atoms with Crippen molar-refractivity contribution in [1.29, 1.82) is 0 Å². The molecule has 0 aliphatic heterocycles. The van der Waals surface area contributed by atoms with Gasteiger partial charge in [-0.15, -0.1) is 11.3 Å². The third-order valence-corrected chi connectivity index (χ3v) is 8.67. The summed E-state index contributed by atoms with van der Waals surface area (Å²) >= 11 is 1.34. The molecule has 2 aliphatic rings. The Kier molecular flexibility index (Phi) is 6.86. The number of ether oxygens (including phenoxy) is 2. The molecule has 4 aromatic rings. The number of carbonyl (C=O) groups is 1. The quantitative estimate of drug-likeness (QED) is 0.240. The lowest BCUT2D eigenvalue weighted by molar-refractivity contribution is -0.0640. The molecule has 0 bridgehead atoms. The van der Waals surface area contributed by atoms with Crippen LogP contribution in [-0.2, 0) is 16.9 Å². The molecule has 0 saturated heterocycles. The first-order valence-corrected chi connectivity index (χ1v) is 14.0. The highest BCUT2D eigenvalue weighted by atomic mass is 32.1. The van der Waals surface area contributed by atoms with Crippen LogP contribution in [0.2, 0.25) is 0 Å². The summed E-state index contributed by atoms with van der Waals surface area (Å²) in [5, 5.41) is 25.6. The molecule has 204 valence electrons. The van der Waals surface area contributed by atoms with Gasteiger partial charge in [-0.25, -0.2) is 14.2 Å². The molecule has 39 heavy (non-hydrogen) atoms. The van der Waals surface area contributed by atoms with Gasteiger partial charge in [-0.2, -0.15) is 0 Å². The van der Waals surface area contributed by atoms with E-state index in [4.69, 9.17) is 14.0 Å². The highest BCUT2D eigenvalue weighted by Gasteiger charge is 2.39. The van der Waals surface area contributed by atoms with Gasteiger partial charge < -0.3 is 24.2 Å². The van der Waals surface area contributed by atoms with E-state index in [1.165, 1.54) is 24.3 Å². The summed E-state index contributed by atoms with van der Waals surface area (Å²) in [7, 11) is 0. The molecule has 1 atom stereocenters. The van der Waals surface area contributed by atoms with Gasteiger partial charge in [0.1, 0.15) is 27.8 Å². The highest BCUT2D eigenvalue weighted by Crippen LogP contribution is 2.46. The van der Waals surface area contributed by atoms with Crippen LogP contribution in [0.3, 0.4) is 0 Å². The van der Waals surface area contributed by atoms with Gasteiger partial charge in [0.2, 0.25) is 6.36 Å². The number of alkyl halides is 1. The van der Waals surface area contributed by atoms with E-state index in [2.05, 4.69) is 10.1 Å². The minimum Gasteiger partial charge on any atom is -0.478 e. The van der Waals surface area contributed by atoms with Crippen LogP contribution in [0.4, 0.5) is 4.39 Å². The Morgan fingerprint density at radius 1 is 1.21 bits per heavy atom. The number of aromatic nitrogens is 2. The number of carboxylic acids is 1. The van der Waals surface area contributed by atoms with Gasteiger partial charge in [-0.05, 0) is 68.9 Å². The summed E-state index contributed by atoms with van der Waals surface area (Å²) in [6.45, 7) is 1.64. The molecule has 0 radical (unpaired) electrons. The number of aliphatic hydroxyl groups is 1. The maximum atomic E-state index is 13.7. The van der Waals surface area contributed by atoms with Crippen molar-refractivity contribution in [2.45, 2.75) is 76.0 Å². The Bertz CT molecular complexity index is 1500. The molecule has 0 amide bonds. The molecule has 8 nitrogen and oxygen atoms in total. The predicted octanol–water partition coefficient (Wildman–Crippen LogP) is 6.57. The number of rotatable bonds is 9. The van der Waals surface area contributed by atoms with Crippen LogP contribution in [-0.4, -0.2) is 38.8 Å². The molecule has 2 aromatic heterocycles. The number of hydrogen-bond donors (Lipinski definition) is 2. The zero-order chi connectivity index (χ0) is 27.1. The first kappa shape index (κ1) is 25.9. The average Bonchev–Trinajstić information content (AvgIpc) is 3.52. The monoisotopic (exact) mass is 552 g/mol. The summed E-state index contributed by atoms with van der Waals surface area (Å²) < 4.78 is 31.9. The Morgan fingerprint density at radius 3 is 2.69 bits per heavy atom. The number of hydrogen-bond acceptors (Lipinski definition) is 8. The minimum absolute atomic E-state index is 0.0644. The van der Waals surface area contributed by atoms with Gasteiger partial charge in [0.05, 0.1) is 28.5 Å². The predicted molar refractivity (Wildman–Crippen MR) is 143 cm³/mol. The van der Waals surface area contributed by atoms with Gasteiger partial charge in [0, 0.05) is 24.0 Å². The topological polar surface area (TPSA) is 115 Å². The fourth-order valence-corrected chi connectivity index (χ4v) is 6.34. The van der Waals surface area contributed by atoms with E-state index < -0.39 is 17.9 Å². The van der Waals surface area contributed by atoms with Crippen molar-refractivity contribution in [3.05, 3.63) is 64.4 Å². The van der Waals surface area contributed by atoms with Gasteiger partial charge >= 0.3 is 5.97 Å². The molecule has 2 aliphatic carbocycles. The summed E-state index contributed by atoms with van der Waals surface area (Å²) in [5.74, 6) is 0.543. The van der Waals surface area contributed by atoms with Gasteiger partial charge in [-0.1, -0.05) is 17.3 Å². The van der Waals surface area contributed by atoms with Crippen LogP contribution >= 0.6 is 11.3 Å². The first-order valence-electron chi connectivity index (χ1n) is 13.2. The number of thiazole rings is 1. The lowest BCUT2D eigenvalue weighted by atomic mass is 9.83. The Hall–Kier alpha value is -3.34. The van der Waals surface area contributed by atoms with Crippen LogP contribution in [0, 0.1) is 0 Å². The number of aromatic carboxylic acids is 1. The van der Waals surface area contributed by atoms with E-state index in [0.29, 0.717) is 65.7 Å². The summed E-state index contributed by atoms with van der Waals surface area (Å²) in [6, 6.07) is 12.0. The number of benzene rings is 2. The SMILES string of the molecule is CC(F)Oc1ccccc1-c1noc(C2CC2)c1CO[C@H]1CC[C@](O)(c2nc3ccc(C(=O)O)cc3s2)CC1. The average molecular weight is 553 g/mol. The third-order valence-electron chi connectivity index (χ3n) is 7.45. The van der Waals surface area contributed by atoms with Crippen molar-refractivity contribution in [3.8, 4) is 17.0 Å². The fraction of sp³-hybridized carbons (Fsp3) is 0.414. The molecular formula is C29H29FN2O6S. The zero-order valence-electron chi connectivity index (χ0n) is 21.4. The molecule has 2 aromatic carbocycles. The molecular weight excluding hydrogens is 523 g/mol. The maximum absolute atomic E-state index is 13.7. The van der Waals surface area contributed by atoms with Crippen molar-refractivity contribution in [1.82, 2.24) is 10.1 Å². The van der Waals surface area contributed by atoms with Crippen molar-refractivity contribution in [2.24, 2.45) is 0 Å². The Labute approximate surface area is 228 Å². The van der Waals surface area contributed by atoms with Crippen molar-refractivity contribution >= 4 is 27.5 Å². The Balaban J connectivity index is 1.16. The fourth-order valence-electron chi connectivity index (χ4n) is 5.19. The summed E-state index contributed by atoms with van der Waals surface area (Å²) in [6.07, 6.45) is 2.81. The number of nitrogens with zero attached hydrogens (tertiary/aromatic N) is 2. The van der Waals surface area contributed by atoms with Gasteiger partial charge in [0.25, 0.3) is 0 Å². The highest BCUT2D eigenvalue weighted by molar-refractivity contribution is 7.18. The van der Waals surface area contributed by atoms with E-state index in [1.54, 1.807) is 24.3 Å².